The van der Waals surface area contributed by atoms with Crippen LogP contribution in [-0.4, -0.2) is 27.0 Å². The van der Waals surface area contributed by atoms with Crippen molar-refractivity contribution in [1.29, 1.82) is 0 Å². The molecule has 0 radical (unpaired) electrons. The SMILES string of the molecule is CC1Sc2ccc(C(=O)NCc3nc4ccccc4[nH]3)cc2NC1=O. The van der Waals surface area contributed by atoms with E-state index in [0.29, 0.717) is 23.6 Å². The molecule has 0 saturated heterocycles. The number of hydrogen-bond donors (Lipinski definition) is 3. The molecule has 1 aromatic heterocycles. The van der Waals surface area contributed by atoms with Gasteiger partial charge in [0.05, 0.1) is 28.5 Å². The van der Waals surface area contributed by atoms with Crippen LogP contribution in [0, 0.1) is 0 Å². The lowest BCUT2D eigenvalue weighted by atomic mass is 10.1. The molecule has 1 atom stereocenters. The fourth-order valence-electron chi connectivity index (χ4n) is 2.71. The predicted octanol–water partition coefficient (Wildman–Crippen LogP) is 2.93. The van der Waals surface area contributed by atoms with Gasteiger partial charge in [-0.1, -0.05) is 12.1 Å². The van der Waals surface area contributed by atoms with E-state index < -0.39 is 0 Å². The van der Waals surface area contributed by atoms with Gasteiger partial charge in [0.15, 0.2) is 0 Å². The number of rotatable bonds is 3. The zero-order valence-corrected chi connectivity index (χ0v) is 14.3. The van der Waals surface area contributed by atoms with Gasteiger partial charge in [0.2, 0.25) is 5.91 Å². The van der Waals surface area contributed by atoms with Crippen LogP contribution in [0.3, 0.4) is 0 Å². The molecule has 0 spiro atoms. The van der Waals surface area contributed by atoms with E-state index in [1.807, 2.05) is 37.3 Å². The summed E-state index contributed by atoms with van der Waals surface area (Å²) >= 11 is 1.49. The van der Waals surface area contributed by atoms with E-state index in [0.717, 1.165) is 15.9 Å². The summed E-state index contributed by atoms with van der Waals surface area (Å²) in [4.78, 5) is 32.8. The largest absolute Gasteiger partial charge is 0.345 e. The van der Waals surface area contributed by atoms with E-state index in [1.165, 1.54) is 11.8 Å². The van der Waals surface area contributed by atoms with E-state index in [1.54, 1.807) is 12.1 Å². The molecule has 0 saturated carbocycles. The molecule has 0 fully saturated rings. The van der Waals surface area contributed by atoms with E-state index in [4.69, 9.17) is 0 Å². The minimum atomic E-state index is -0.207. The molecule has 0 aliphatic carbocycles. The molecular weight excluding hydrogens is 336 g/mol. The van der Waals surface area contributed by atoms with Gasteiger partial charge in [0.1, 0.15) is 5.82 Å². The number of carbonyl (C=O) groups excluding carboxylic acids is 2. The average molecular weight is 352 g/mol. The Morgan fingerprint density at radius 1 is 1.28 bits per heavy atom. The molecule has 4 rings (SSSR count). The summed E-state index contributed by atoms with van der Waals surface area (Å²) in [6.45, 7) is 2.17. The number of H-pyrrole nitrogens is 1. The molecule has 2 amide bonds. The number of aromatic amines is 1. The second-order valence-electron chi connectivity index (χ2n) is 5.84. The first-order chi connectivity index (χ1) is 12.1. The molecule has 0 bridgehead atoms. The number of carbonyl (C=O) groups is 2. The van der Waals surface area contributed by atoms with Crippen molar-refractivity contribution in [1.82, 2.24) is 15.3 Å². The third-order valence-electron chi connectivity index (χ3n) is 4.03. The van der Waals surface area contributed by atoms with E-state index in [-0.39, 0.29) is 17.1 Å². The van der Waals surface area contributed by atoms with Crippen LogP contribution in [-0.2, 0) is 11.3 Å². The summed E-state index contributed by atoms with van der Waals surface area (Å²) in [6.07, 6.45) is 0. The first kappa shape index (κ1) is 15.7. The Balaban J connectivity index is 1.48. The Labute approximate surface area is 148 Å². The number of imidazole rings is 1. The highest BCUT2D eigenvalue weighted by Crippen LogP contribution is 2.35. The number of amides is 2. The number of fused-ring (bicyclic) bond motifs is 2. The van der Waals surface area contributed by atoms with Gasteiger partial charge in [-0.15, -0.1) is 11.8 Å². The van der Waals surface area contributed by atoms with Crippen molar-refractivity contribution in [2.75, 3.05) is 5.32 Å². The summed E-state index contributed by atoms with van der Waals surface area (Å²) in [5, 5.41) is 5.56. The van der Waals surface area contributed by atoms with Crippen molar-refractivity contribution < 1.29 is 9.59 Å². The van der Waals surface area contributed by atoms with Crippen molar-refractivity contribution in [3.05, 3.63) is 53.9 Å². The van der Waals surface area contributed by atoms with Crippen LogP contribution < -0.4 is 10.6 Å². The number of thioether (sulfide) groups is 1. The Morgan fingerprint density at radius 3 is 2.96 bits per heavy atom. The second kappa shape index (κ2) is 6.25. The number of nitrogens with one attached hydrogen (secondary N) is 3. The van der Waals surface area contributed by atoms with Gasteiger partial charge >= 0.3 is 0 Å². The van der Waals surface area contributed by atoms with Gasteiger partial charge in [0.25, 0.3) is 5.91 Å². The Kier molecular flexibility index (Phi) is 3.93. The first-order valence-corrected chi connectivity index (χ1v) is 8.81. The van der Waals surface area contributed by atoms with Gasteiger partial charge in [-0.3, -0.25) is 9.59 Å². The fourth-order valence-corrected chi connectivity index (χ4v) is 3.64. The number of hydrogen-bond acceptors (Lipinski definition) is 4. The standard InChI is InChI=1S/C18H16N4O2S/c1-10-17(23)22-14-8-11(6-7-15(14)25-10)18(24)19-9-16-20-12-4-2-3-5-13(12)21-16/h2-8,10H,9H2,1H3,(H,19,24)(H,20,21)(H,22,23). The highest BCUT2D eigenvalue weighted by Gasteiger charge is 2.23. The number of anilines is 1. The van der Waals surface area contributed by atoms with Gasteiger partial charge < -0.3 is 15.6 Å². The summed E-state index contributed by atoms with van der Waals surface area (Å²) in [5.74, 6) is 0.448. The minimum absolute atomic E-state index is 0.0441. The zero-order valence-electron chi connectivity index (χ0n) is 13.5. The second-order valence-corrected chi connectivity index (χ2v) is 7.23. The van der Waals surface area contributed by atoms with Crippen LogP contribution in [0.15, 0.2) is 47.4 Å². The summed E-state index contributed by atoms with van der Waals surface area (Å²) < 4.78 is 0. The highest BCUT2D eigenvalue weighted by molar-refractivity contribution is 8.00. The molecule has 2 aromatic carbocycles. The molecule has 3 N–H and O–H groups in total. The lowest BCUT2D eigenvalue weighted by Crippen LogP contribution is -2.27. The van der Waals surface area contributed by atoms with Crippen molar-refractivity contribution >= 4 is 40.3 Å². The van der Waals surface area contributed by atoms with Crippen LogP contribution in [0.2, 0.25) is 0 Å². The van der Waals surface area contributed by atoms with Crippen molar-refractivity contribution in [2.45, 2.75) is 23.6 Å². The smallest absolute Gasteiger partial charge is 0.251 e. The number of para-hydroxylation sites is 2. The molecule has 3 aromatic rings. The molecule has 2 heterocycles. The van der Waals surface area contributed by atoms with Gasteiger partial charge in [-0.25, -0.2) is 4.98 Å². The number of benzene rings is 2. The lowest BCUT2D eigenvalue weighted by Gasteiger charge is -2.21. The third kappa shape index (κ3) is 3.10. The molecule has 25 heavy (non-hydrogen) atoms. The van der Waals surface area contributed by atoms with E-state index in [2.05, 4.69) is 20.6 Å². The maximum atomic E-state index is 12.4. The summed E-state index contributed by atoms with van der Waals surface area (Å²) in [7, 11) is 0. The van der Waals surface area contributed by atoms with Crippen LogP contribution in [0.5, 0.6) is 0 Å². The minimum Gasteiger partial charge on any atom is -0.345 e. The normalized spacial score (nSPS) is 16.4. The zero-order chi connectivity index (χ0) is 17.4. The molecule has 1 aliphatic rings. The molecule has 1 unspecified atom stereocenters. The van der Waals surface area contributed by atoms with E-state index >= 15 is 0 Å². The van der Waals surface area contributed by atoms with Crippen molar-refractivity contribution in [3.8, 4) is 0 Å². The topological polar surface area (TPSA) is 86.9 Å². The molecule has 1 aliphatic heterocycles. The van der Waals surface area contributed by atoms with Gasteiger partial charge in [-0.05, 0) is 37.3 Å². The lowest BCUT2D eigenvalue weighted by molar-refractivity contribution is -0.115. The quantitative estimate of drug-likeness (QED) is 0.676. The first-order valence-electron chi connectivity index (χ1n) is 7.93. The molecular formula is C18H16N4O2S. The molecule has 6 nitrogen and oxygen atoms in total. The number of aromatic nitrogens is 2. The number of nitrogens with zero attached hydrogens (tertiary/aromatic N) is 1. The highest BCUT2D eigenvalue weighted by atomic mass is 32.2. The van der Waals surface area contributed by atoms with Crippen molar-refractivity contribution in [2.24, 2.45) is 0 Å². The van der Waals surface area contributed by atoms with Crippen molar-refractivity contribution in [3.63, 3.8) is 0 Å². The predicted molar refractivity (Wildman–Crippen MR) is 97.7 cm³/mol. The monoisotopic (exact) mass is 352 g/mol. The molecule has 7 heteroatoms. The maximum Gasteiger partial charge on any atom is 0.251 e. The van der Waals surface area contributed by atoms with E-state index in [9.17, 15) is 9.59 Å². The van der Waals surface area contributed by atoms with Crippen LogP contribution in [0.25, 0.3) is 11.0 Å². The van der Waals surface area contributed by atoms with Gasteiger partial charge in [0, 0.05) is 10.5 Å². The summed E-state index contributed by atoms with van der Waals surface area (Å²) in [5.41, 5.74) is 3.00. The fraction of sp³-hybridized carbons (Fsp3) is 0.167. The van der Waals surface area contributed by atoms with Crippen LogP contribution in [0.1, 0.15) is 23.1 Å². The average Bonchev–Trinajstić information content (AvgIpc) is 3.03. The van der Waals surface area contributed by atoms with Crippen LogP contribution in [0.4, 0.5) is 5.69 Å². The Bertz CT molecular complexity index is 949. The Hall–Kier alpha value is -2.80. The Morgan fingerprint density at radius 2 is 2.12 bits per heavy atom. The van der Waals surface area contributed by atoms with Gasteiger partial charge in [-0.2, -0.15) is 0 Å². The third-order valence-corrected chi connectivity index (χ3v) is 5.20. The molecule has 126 valence electrons. The van der Waals surface area contributed by atoms with Crippen LogP contribution >= 0.6 is 11.8 Å². The summed E-state index contributed by atoms with van der Waals surface area (Å²) in [6, 6.07) is 13.1. The maximum absolute atomic E-state index is 12.4.